The summed E-state index contributed by atoms with van der Waals surface area (Å²) in [6, 6.07) is 0. The van der Waals surface area contributed by atoms with Crippen LogP contribution in [0.15, 0.2) is 34.8 Å². The average Bonchev–Trinajstić information content (AvgIpc) is 3.84. The number of aliphatic carboxylic acids is 2. The molecular formula is C42H78N4O4. The van der Waals surface area contributed by atoms with E-state index in [-0.39, 0.29) is 0 Å². The first kappa shape index (κ1) is 47.7. The molecule has 0 atom stereocenters. The summed E-state index contributed by atoms with van der Waals surface area (Å²) < 4.78 is 0. The highest BCUT2D eigenvalue weighted by molar-refractivity contribution is 6.25. The largest absolute Gasteiger partial charge is 0.543 e. The molecule has 2 aliphatic rings. The molecule has 0 amide bonds. The van der Waals surface area contributed by atoms with Crippen LogP contribution in [0.5, 0.6) is 0 Å². The highest BCUT2D eigenvalue weighted by Crippen LogP contribution is 2.15. The van der Waals surface area contributed by atoms with Crippen molar-refractivity contribution in [2.75, 3.05) is 0 Å². The van der Waals surface area contributed by atoms with E-state index < -0.39 is 11.9 Å². The second-order valence-corrected chi connectivity index (χ2v) is 14.2. The summed E-state index contributed by atoms with van der Waals surface area (Å²) in [6.45, 7) is 4.58. The fraction of sp³-hybridized carbons (Fsp3) is 0.810. The zero-order valence-electron chi connectivity index (χ0n) is 32.6. The SMILES string of the molecule is CCCCCCCCCCCCCCCCCC1=NC=C[NH2+]1.CCCCCCCCCCCCCCCCCC1=NC=C[NH2+]1.O=C([O-])C(=O)[O-]. The first-order valence-electron chi connectivity index (χ1n) is 21.1. The summed E-state index contributed by atoms with van der Waals surface area (Å²) in [5.41, 5.74) is 0. The van der Waals surface area contributed by atoms with E-state index in [1.54, 1.807) is 0 Å². The third-order valence-corrected chi connectivity index (χ3v) is 9.47. The molecule has 2 aliphatic heterocycles. The zero-order chi connectivity index (χ0) is 36.6. The predicted octanol–water partition coefficient (Wildman–Crippen LogP) is 7.88. The molecule has 0 aliphatic carbocycles. The molecule has 0 radical (unpaired) electrons. The number of carboxylic acids is 2. The summed E-state index contributed by atoms with van der Waals surface area (Å²) in [5, 5.41) is 22.1. The molecular weight excluding hydrogens is 624 g/mol. The van der Waals surface area contributed by atoms with E-state index in [9.17, 15) is 0 Å². The molecule has 0 aromatic carbocycles. The van der Waals surface area contributed by atoms with Gasteiger partial charge in [0.05, 0.1) is 24.3 Å². The Morgan fingerprint density at radius 3 is 0.820 bits per heavy atom. The number of rotatable bonds is 32. The van der Waals surface area contributed by atoms with E-state index in [0.29, 0.717) is 0 Å². The Morgan fingerprint density at radius 1 is 0.420 bits per heavy atom. The lowest BCUT2D eigenvalue weighted by Gasteiger charge is -2.03. The van der Waals surface area contributed by atoms with Gasteiger partial charge < -0.3 is 19.8 Å². The number of nitrogens with zero attached hydrogens (tertiary/aromatic N) is 2. The minimum absolute atomic E-state index is 1.17. The summed E-state index contributed by atoms with van der Waals surface area (Å²) in [7, 11) is 0. The molecule has 0 fully saturated rings. The second-order valence-electron chi connectivity index (χ2n) is 14.2. The zero-order valence-corrected chi connectivity index (χ0v) is 32.6. The number of carbonyl (C=O) groups excluding carboxylic acids is 2. The Balaban J connectivity index is 0.000000826. The Kier molecular flexibility index (Phi) is 37.6. The second kappa shape index (κ2) is 39.5. The molecule has 8 heteroatoms. The Hall–Kier alpha value is -2.32. The maximum absolute atomic E-state index is 8.93. The van der Waals surface area contributed by atoms with E-state index >= 15 is 0 Å². The van der Waals surface area contributed by atoms with Gasteiger partial charge in [0.15, 0.2) is 0 Å². The molecule has 0 saturated heterocycles. The molecule has 0 aromatic rings. The van der Waals surface area contributed by atoms with Crippen molar-refractivity contribution in [3.05, 3.63) is 24.8 Å². The smallest absolute Gasteiger partial charge is 0.204 e. The number of quaternary nitrogens is 2. The fourth-order valence-corrected chi connectivity index (χ4v) is 6.32. The van der Waals surface area contributed by atoms with Gasteiger partial charge in [-0.25, -0.2) is 9.98 Å². The normalized spacial score (nSPS) is 13.0. The molecule has 290 valence electrons. The van der Waals surface area contributed by atoms with E-state index in [0.717, 1.165) is 0 Å². The summed E-state index contributed by atoms with van der Waals surface area (Å²) in [4.78, 5) is 26.5. The molecule has 0 aromatic heterocycles. The van der Waals surface area contributed by atoms with Crippen LogP contribution in [0.1, 0.15) is 219 Å². The number of hydrogen-bond acceptors (Lipinski definition) is 6. The number of unbranched alkanes of at least 4 members (excludes halogenated alkanes) is 28. The molecule has 2 rings (SSSR count). The Bertz CT molecular complexity index is 828. The van der Waals surface area contributed by atoms with E-state index in [4.69, 9.17) is 19.8 Å². The highest BCUT2D eigenvalue weighted by Gasteiger charge is 2.05. The first-order chi connectivity index (χ1) is 24.5. The fourth-order valence-electron chi connectivity index (χ4n) is 6.32. The van der Waals surface area contributed by atoms with Crippen molar-refractivity contribution in [1.82, 2.24) is 0 Å². The van der Waals surface area contributed by atoms with Crippen LogP contribution in [0.3, 0.4) is 0 Å². The van der Waals surface area contributed by atoms with Gasteiger partial charge in [-0.15, -0.1) is 0 Å². The molecule has 0 spiro atoms. The maximum Gasteiger partial charge on any atom is 0.204 e. The van der Waals surface area contributed by atoms with Crippen LogP contribution in [0.4, 0.5) is 0 Å². The molecule has 2 heterocycles. The average molecular weight is 703 g/mol. The van der Waals surface area contributed by atoms with Crippen molar-refractivity contribution in [2.24, 2.45) is 9.98 Å². The standard InChI is InChI=1S/2C20H38N2.C2H2O4/c2*1-2-3-4-5-6-7-8-9-10-11-12-13-14-15-16-17-20-21-18-19-22-20;3-1(4)2(5)6/h2*18-19H,2-17H2,1H3,(H,21,22);(H,3,4)(H,5,6). The highest BCUT2D eigenvalue weighted by atomic mass is 16.4. The predicted molar refractivity (Wildman–Crippen MR) is 206 cm³/mol. The van der Waals surface area contributed by atoms with Crippen LogP contribution in [0.25, 0.3) is 0 Å². The van der Waals surface area contributed by atoms with Crippen molar-refractivity contribution in [3.63, 3.8) is 0 Å². The molecule has 0 unspecified atom stereocenters. The van der Waals surface area contributed by atoms with Gasteiger partial charge in [-0.1, -0.05) is 194 Å². The number of aliphatic imine (C=N–C) groups is 2. The number of nitrogens with two attached hydrogens (primary N) is 2. The van der Waals surface area contributed by atoms with Crippen molar-refractivity contribution in [2.45, 2.75) is 219 Å². The van der Waals surface area contributed by atoms with Gasteiger partial charge in [0.25, 0.3) is 0 Å². The van der Waals surface area contributed by atoms with Gasteiger partial charge in [-0.05, 0) is 12.8 Å². The summed E-state index contributed by atoms with van der Waals surface area (Å²) >= 11 is 0. The molecule has 0 saturated carbocycles. The van der Waals surface area contributed by atoms with Crippen molar-refractivity contribution in [3.8, 4) is 0 Å². The van der Waals surface area contributed by atoms with E-state index in [1.165, 1.54) is 217 Å². The van der Waals surface area contributed by atoms with Crippen molar-refractivity contribution >= 4 is 23.6 Å². The lowest BCUT2D eigenvalue weighted by Crippen LogP contribution is -2.80. The van der Waals surface area contributed by atoms with Crippen LogP contribution in [-0.2, 0) is 9.59 Å². The number of carbonyl (C=O) groups is 2. The van der Waals surface area contributed by atoms with E-state index in [1.807, 2.05) is 24.8 Å². The summed E-state index contributed by atoms with van der Waals surface area (Å²) in [5.74, 6) is -1.82. The lowest BCUT2D eigenvalue weighted by atomic mass is 10.0. The molecule has 8 nitrogen and oxygen atoms in total. The third kappa shape index (κ3) is 36.9. The van der Waals surface area contributed by atoms with Gasteiger partial charge in [-0.3, -0.25) is 10.6 Å². The van der Waals surface area contributed by atoms with Crippen LogP contribution in [-0.4, -0.2) is 23.6 Å². The topological polar surface area (TPSA) is 138 Å². The van der Waals surface area contributed by atoms with Gasteiger partial charge in [0, 0.05) is 12.8 Å². The third-order valence-electron chi connectivity index (χ3n) is 9.47. The lowest BCUT2D eigenvalue weighted by molar-refractivity contribution is -0.460. The van der Waals surface area contributed by atoms with Gasteiger partial charge in [0.2, 0.25) is 11.7 Å². The number of carboxylic acid groups (broad SMARTS) is 2. The maximum atomic E-state index is 8.93. The van der Waals surface area contributed by atoms with Crippen LogP contribution >= 0.6 is 0 Å². The quantitative estimate of drug-likeness (QED) is 0.0544. The van der Waals surface area contributed by atoms with Crippen molar-refractivity contribution < 1.29 is 30.4 Å². The van der Waals surface area contributed by atoms with Crippen molar-refractivity contribution in [1.29, 1.82) is 0 Å². The minimum atomic E-state index is -2.19. The van der Waals surface area contributed by atoms with Crippen LogP contribution in [0.2, 0.25) is 0 Å². The monoisotopic (exact) mass is 703 g/mol. The summed E-state index contributed by atoms with van der Waals surface area (Å²) in [6.07, 6.45) is 53.3. The molecule has 4 N–H and O–H groups in total. The van der Waals surface area contributed by atoms with Gasteiger partial charge >= 0.3 is 0 Å². The molecule has 0 bridgehead atoms. The van der Waals surface area contributed by atoms with Crippen LogP contribution < -0.4 is 20.8 Å². The van der Waals surface area contributed by atoms with Crippen LogP contribution in [0, 0.1) is 0 Å². The number of amidine groups is 2. The Morgan fingerprint density at radius 2 is 0.640 bits per heavy atom. The van der Waals surface area contributed by atoms with Gasteiger partial charge in [-0.2, -0.15) is 0 Å². The first-order valence-corrected chi connectivity index (χ1v) is 21.1. The molecule has 50 heavy (non-hydrogen) atoms. The van der Waals surface area contributed by atoms with E-state index in [2.05, 4.69) is 34.5 Å². The van der Waals surface area contributed by atoms with Gasteiger partial charge in [0.1, 0.15) is 12.4 Å². The number of hydrogen-bond donors (Lipinski definition) is 2. The Labute approximate surface area is 307 Å². The minimum Gasteiger partial charge on any atom is -0.543 e.